The van der Waals surface area contributed by atoms with Crippen LogP contribution in [0.3, 0.4) is 0 Å². The van der Waals surface area contributed by atoms with Crippen molar-refractivity contribution in [2.24, 2.45) is 0 Å². The van der Waals surface area contributed by atoms with Crippen molar-refractivity contribution in [3.63, 3.8) is 0 Å². The summed E-state index contributed by atoms with van der Waals surface area (Å²) in [5.74, 6) is 1.59. The first-order chi connectivity index (χ1) is 14.2. The van der Waals surface area contributed by atoms with Gasteiger partial charge >= 0.3 is 0 Å². The Bertz CT molecular complexity index is 1150. The van der Waals surface area contributed by atoms with Gasteiger partial charge in [0.1, 0.15) is 12.4 Å². The van der Waals surface area contributed by atoms with Crippen molar-refractivity contribution in [3.8, 4) is 17.1 Å². The molecular weight excluding hydrogens is 380 g/mol. The summed E-state index contributed by atoms with van der Waals surface area (Å²) < 4.78 is 8.31. The van der Waals surface area contributed by atoms with E-state index in [0.717, 1.165) is 22.7 Å². The monoisotopic (exact) mass is 402 g/mol. The fraction of sp³-hybridized carbons (Fsp3) is 0.130. The molecule has 0 fully saturated rings. The van der Waals surface area contributed by atoms with Crippen molar-refractivity contribution in [2.75, 3.05) is 5.43 Å². The van der Waals surface area contributed by atoms with Gasteiger partial charge < -0.3 is 10.2 Å². The Morgan fingerprint density at radius 3 is 2.62 bits per heavy atom. The minimum atomic E-state index is 0.524. The lowest BCUT2D eigenvalue weighted by Crippen LogP contribution is -2.16. The van der Waals surface area contributed by atoms with Crippen molar-refractivity contribution in [1.29, 1.82) is 0 Å². The van der Waals surface area contributed by atoms with Crippen LogP contribution in [0.5, 0.6) is 5.75 Å². The van der Waals surface area contributed by atoms with Crippen molar-refractivity contribution < 1.29 is 4.74 Å². The van der Waals surface area contributed by atoms with E-state index in [4.69, 9.17) is 17.0 Å². The first-order valence-electron chi connectivity index (χ1n) is 9.44. The Morgan fingerprint density at radius 1 is 1.00 bits per heavy atom. The summed E-state index contributed by atoms with van der Waals surface area (Å²) in [4.78, 5) is 0. The number of nitrogens with one attached hydrogen (secondary N) is 2. The molecule has 0 saturated heterocycles. The second-order valence-corrected chi connectivity index (χ2v) is 7.14. The molecular formula is C23H22N4OS. The van der Waals surface area contributed by atoms with Crippen LogP contribution < -0.4 is 10.2 Å². The van der Waals surface area contributed by atoms with Gasteiger partial charge in [-0.2, -0.15) is 5.10 Å². The molecule has 1 heterocycles. The number of rotatable bonds is 7. The summed E-state index contributed by atoms with van der Waals surface area (Å²) in [5, 5.41) is 7.20. The largest absolute Gasteiger partial charge is 0.489 e. The maximum absolute atomic E-state index is 5.99. The molecule has 0 unspecified atom stereocenters. The van der Waals surface area contributed by atoms with Gasteiger partial charge in [-0.3, -0.25) is 0 Å². The van der Waals surface area contributed by atoms with E-state index in [-0.39, 0.29) is 0 Å². The lowest BCUT2D eigenvalue weighted by atomic mass is 10.1. The summed E-state index contributed by atoms with van der Waals surface area (Å²) in [5.41, 5.74) is 7.85. The molecule has 0 aliphatic carbocycles. The van der Waals surface area contributed by atoms with E-state index < -0.39 is 0 Å². The van der Waals surface area contributed by atoms with Gasteiger partial charge in [0.15, 0.2) is 5.82 Å². The van der Waals surface area contributed by atoms with Crippen LogP contribution in [0.2, 0.25) is 0 Å². The number of benzene rings is 3. The minimum absolute atomic E-state index is 0.524. The van der Waals surface area contributed by atoms with E-state index >= 15 is 0 Å². The first kappa shape index (κ1) is 19.0. The van der Waals surface area contributed by atoms with Gasteiger partial charge in [0, 0.05) is 5.56 Å². The molecule has 0 amide bonds. The van der Waals surface area contributed by atoms with Crippen molar-refractivity contribution in [3.05, 3.63) is 100 Å². The summed E-state index contributed by atoms with van der Waals surface area (Å²) in [6.45, 7) is 3.24. The molecule has 4 aromatic rings. The molecule has 2 N–H and O–H groups in total. The van der Waals surface area contributed by atoms with E-state index in [2.05, 4.69) is 40.7 Å². The van der Waals surface area contributed by atoms with E-state index in [1.165, 1.54) is 11.1 Å². The van der Waals surface area contributed by atoms with Crippen LogP contribution in [-0.4, -0.2) is 14.9 Å². The van der Waals surface area contributed by atoms with Gasteiger partial charge in [-0.1, -0.05) is 66.7 Å². The zero-order chi connectivity index (χ0) is 20.1. The standard InChI is InChI=1S/C23H22N4OS/c1-17-8-5-6-12-20(17)16-28-21-13-7-9-18(14-21)15-24-27-22(25-26-23(27)29)19-10-3-2-4-11-19/h2-14,24H,15-16H2,1H3,(H,26,29). The Morgan fingerprint density at radius 2 is 1.79 bits per heavy atom. The number of aromatic amines is 1. The van der Waals surface area contributed by atoms with Gasteiger partial charge in [-0.15, -0.1) is 0 Å². The highest BCUT2D eigenvalue weighted by molar-refractivity contribution is 7.71. The topological polar surface area (TPSA) is 54.9 Å². The third kappa shape index (κ3) is 4.55. The lowest BCUT2D eigenvalue weighted by Gasteiger charge is -2.12. The zero-order valence-electron chi connectivity index (χ0n) is 16.1. The van der Waals surface area contributed by atoms with Gasteiger partial charge in [-0.25, -0.2) is 9.77 Å². The predicted molar refractivity (Wildman–Crippen MR) is 118 cm³/mol. The highest BCUT2D eigenvalue weighted by Crippen LogP contribution is 2.18. The summed E-state index contributed by atoms with van der Waals surface area (Å²) in [7, 11) is 0. The Labute approximate surface area is 175 Å². The van der Waals surface area contributed by atoms with Crippen LogP contribution in [0.25, 0.3) is 11.4 Å². The number of ether oxygens (including phenoxy) is 1. The Hall–Kier alpha value is -3.38. The number of nitrogens with zero attached hydrogens (tertiary/aromatic N) is 2. The second kappa shape index (κ2) is 8.75. The average Bonchev–Trinajstić information content (AvgIpc) is 3.13. The Balaban J connectivity index is 1.45. The highest BCUT2D eigenvalue weighted by atomic mass is 32.1. The van der Waals surface area contributed by atoms with Gasteiger partial charge in [-0.05, 0) is 48.0 Å². The molecule has 0 bridgehead atoms. The van der Waals surface area contributed by atoms with Crippen LogP contribution in [0.4, 0.5) is 0 Å². The molecule has 0 spiro atoms. The molecule has 29 heavy (non-hydrogen) atoms. The van der Waals surface area contributed by atoms with Crippen molar-refractivity contribution in [1.82, 2.24) is 14.9 Å². The molecule has 0 aliphatic rings. The normalized spacial score (nSPS) is 10.7. The zero-order valence-corrected chi connectivity index (χ0v) is 16.9. The van der Waals surface area contributed by atoms with Crippen LogP contribution in [0.1, 0.15) is 16.7 Å². The average molecular weight is 403 g/mol. The van der Waals surface area contributed by atoms with Gasteiger partial charge in [0.05, 0.1) is 6.54 Å². The van der Waals surface area contributed by atoms with E-state index in [0.29, 0.717) is 17.9 Å². The van der Waals surface area contributed by atoms with Crippen LogP contribution in [0.15, 0.2) is 78.9 Å². The lowest BCUT2D eigenvalue weighted by molar-refractivity contribution is 0.305. The van der Waals surface area contributed by atoms with Crippen LogP contribution in [-0.2, 0) is 13.2 Å². The van der Waals surface area contributed by atoms with Crippen LogP contribution in [0, 0.1) is 11.7 Å². The van der Waals surface area contributed by atoms with Crippen LogP contribution >= 0.6 is 12.2 Å². The SMILES string of the molecule is Cc1ccccc1COc1cccc(CNn2c(-c3ccccc3)n[nH]c2=S)c1. The highest BCUT2D eigenvalue weighted by Gasteiger charge is 2.08. The number of H-pyrrole nitrogens is 1. The van der Waals surface area contributed by atoms with E-state index in [1.807, 2.05) is 60.7 Å². The number of aromatic nitrogens is 3. The fourth-order valence-corrected chi connectivity index (χ4v) is 3.27. The number of hydrogen-bond acceptors (Lipinski definition) is 4. The van der Waals surface area contributed by atoms with E-state index in [9.17, 15) is 0 Å². The third-order valence-corrected chi connectivity index (χ3v) is 4.97. The van der Waals surface area contributed by atoms with Gasteiger partial charge in [0.2, 0.25) is 4.77 Å². The molecule has 3 aromatic carbocycles. The maximum Gasteiger partial charge on any atom is 0.214 e. The molecule has 1 aromatic heterocycles. The smallest absolute Gasteiger partial charge is 0.214 e. The molecule has 0 aliphatic heterocycles. The second-order valence-electron chi connectivity index (χ2n) is 6.75. The summed E-state index contributed by atoms with van der Waals surface area (Å²) in [6, 6.07) is 26.3. The number of aryl methyl sites for hydroxylation is 1. The first-order valence-corrected chi connectivity index (χ1v) is 9.84. The minimum Gasteiger partial charge on any atom is -0.489 e. The molecule has 0 radical (unpaired) electrons. The summed E-state index contributed by atoms with van der Waals surface area (Å²) >= 11 is 5.38. The quantitative estimate of drug-likeness (QED) is 0.415. The fourth-order valence-electron chi connectivity index (χ4n) is 3.07. The molecule has 146 valence electrons. The van der Waals surface area contributed by atoms with Crippen molar-refractivity contribution >= 4 is 12.2 Å². The Kier molecular flexibility index (Phi) is 5.72. The number of hydrogen-bond donors (Lipinski definition) is 2. The van der Waals surface area contributed by atoms with E-state index in [1.54, 1.807) is 4.68 Å². The molecule has 0 saturated carbocycles. The maximum atomic E-state index is 5.99. The molecule has 0 atom stereocenters. The third-order valence-electron chi connectivity index (χ3n) is 4.70. The molecule has 5 nitrogen and oxygen atoms in total. The summed E-state index contributed by atoms with van der Waals surface area (Å²) in [6.07, 6.45) is 0. The molecule has 6 heteroatoms. The van der Waals surface area contributed by atoms with Crippen molar-refractivity contribution in [2.45, 2.75) is 20.1 Å². The molecule has 4 rings (SSSR count). The van der Waals surface area contributed by atoms with Gasteiger partial charge in [0.25, 0.3) is 0 Å². The predicted octanol–water partition coefficient (Wildman–Crippen LogP) is 5.24.